The minimum Gasteiger partial charge on any atom is -0.311 e. The molecule has 1 amide bonds. The lowest BCUT2D eigenvalue weighted by Gasteiger charge is -2.60. The lowest BCUT2D eigenvalue weighted by Crippen LogP contribution is -2.60. The predicted molar refractivity (Wildman–Crippen MR) is 145 cm³/mol. The SMILES string of the molecule is CC(C)CCC[C@H](C)[C@@H]1CC[C@H]2[C@H]3C(=O)N(Cc4ccccc4)C4=CCCC[C@@]4(C)[C@@H]3CC[C@@]21C. The van der Waals surface area contributed by atoms with Gasteiger partial charge in [-0.2, -0.15) is 0 Å². The summed E-state index contributed by atoms with van der Waals surface area (Å²) in [6.07, 6.45) is 15.3. The van der Waals surface area contributed by atoms with Crippen molar-refractivity contribution < 1.29 is 4.79 Å². The number of piperidine rings is 1. The molecule has 35 heavy (non-hydrogen) atoms. The third-order valence-corrected chi connectivity index (χ3v) is 11.1. The number of nitrogens with zero attached hydrogens (tertiary/aromatic N) is 1. The Hall–Kier alpha value is -1.57. The lowest BCUT2D eigenvalue weighted by atomic mass is 9.48. The van der Waals surface area contributed by atoms with Crippen LogP contribution in [0.25, 0.3) is 0 Å². The van der Waals surface area contributed by atoms with Crippen molar-refractivity contribution >= 4 is 5.91 Å². The lowest BCUT2D eigenvalue weighted by molar-refractivity contribution is -0.159. The second-order valence-corrected chi connectivity index (χ2v) is 13.6. The largest absolute Gasteiger partial charge is 0.311 e. The van der Waals surface area contributed by atoms with Gasteiger partial charge in [0.15, 0.2) is 0 Å². The van der Waals surface area contributed by atoms with Gasteiger partial charge in [-0.15, -0.1) is 0 Å². The summed E-state index contributed by atoms with van der Waals surface area (Å²) in [7, 11) is 0. The molecule has 3 aliphatic carbocycles. The number of rotatable bonds is 7. The molecule has 1 aliphatic heterocycles. The van der Waals surface area contributed by atoms with E-state index in [2.05, 4.69) is 75.9 Å². The molecule has 0 N–H and O–H groups in total. The first-order valence-corrected chi connectivity index (χ1v) is 14.8. The number of carbonyl (C=O) groups excluding carboxylic acids is 1. The van der Waals surface area contributed by atoms with E-state index in [-0.39, 0.29) is 11.3 Å². The average Bonchev–Trinajstić information content (AvgIpc) is 3.19. The molecule has 192 valence electrons. The van der Waals surface area contributed by atoms with Crippen LogP contribution in [0.3, 0.4) is 0 Å². The topological polar surface area (TPSA) is 20.3 Å². The maximum Gasteiger partial charge on any atom is 0.230 e. The number of hydrogen-bond acceptors (Lipinski definition) is 1. The molecule has 0 unspecified atom stereocenters. The molecule has 0 aromatic heterocycles. The van der Waals surface area contributed by atoms with Crippen LogP contribution in [0.15, 0.2) is 42.1 Å². The Morgan fingerprint density at radius 3 is 2.49 bits per heavy atom. The van der Waals surface area contributed by atoms with E-state index in [1.54, 1.807) is 0 Å². The van der Waals surface area contributed by atoms with Crippen LogP contribution in [0.1, 0.15) is 104 Å². The molecule has 3 fully saturated rings. The quantitative estimate of drug-likeness (QED) is 0.386. The number of allylic oxidation sites excluding steroid dienone is 2. The molecule has 0 radical (unpaired) electrons. The number of amides is 1. The van der Waals surface area contributed by atoms with Crippen molar-refractivity contribution in [3.63, 3.8) is 0 Å². The summed E-state index contributed by atoms with van der Waals surface area (Å²) in [5, 5.41) is 0. The molecule has 4 aliphatic rings. The van der Waals surface area contributed by atoms with Crippen LogP contribution in [-0.4, -0.2) is 10.8 Å². The summed E-state index contributed by atoms with van der Waals surface area (Å²) in [5.74, 6) is 4.12. The van der Waals surface area contributed by atoms with Crippen LogP contribution in [0.4, 0.5) is 0 Å². The third-order valence-electron chi connectivity index (χ3n) is 11.1. The van der Waals surface area contributed by atoms with Crippen LogP contribution in [0.2, 0.25) is 0 Å². The van der Waals surface area contributed by atoms with Gasteiger partial charge in [-0.05, 0) is 85.5 Å². The Labute approximate surface area is 214 Å². The molecule has 1 aromatic rings. The highest BCUT2D eigenvalue weighted by molar-refractivity contribution is 5.83. The van der Waals surface area contributed by atoms with Crippen molar-refractivity contribution in [1.29, 1.82) is 0 Å². The highest BCUT2D eigenvalue weighted by Crippen LogP contribution is 2.67. The Bertz CT molecular complexity index is 934. The Kier molecular flexibility index (Phi) is 6.96. The van der Waals surface area contributed by atoms with Crippen molar-refractivity contribution in [2.75, 3.05) is 0 Å². The zero-order valence-electron chi connectivity index (χ0n) is 23.1. The van der Waals surface area contributed by atoms with E-state index >= 15 is 0 Å². The number of fused-ring (bicyclic) bond motifs is 5. The molecule has 1 saturated heterocycles. The van der Waals surface area contributed by atoms with Gasteiger partial charge in [-0.1, -0.05) is 90.3 Å². The molecule has 5 rings (SSSR count). The smallest absolute Gasteiger partial charge is 0.230 e. The summed E-state index contributed by atoms with van der Waals surface area (Å²) < 4.78 is 0. The minimum atomic E-state index is 0.161. The molecule has 2 heteroatoms. The van der Waals surface area contributed by atoms with Gasteiger partial charge in [0.25, 0.3) is 0 Å². The number of likely N-dealkylation sites (tertiary alicyclic amines) is 1. The molecule has 0 bridgehead atoms. The van der Waals surface area contributed by atoms with Crippen molar-refractivity contribution in [2.24, 2.45) is 46.3 Å². The van der Waals surface area contributed by atoms with Gasteiger partial charge in [0.05, 0.1) is 6.54 Å². The molecular weight excluding hydrogens is 426 g/mol. The first-order chi connectivity index (χ1) is 16.8. The molecule has 2 nitrogen and oxygen atoms in total. The molecule has 7 atom stereocenters. The minimum absolute atomic E-state index is 0.161. The molecule has 2 saturated carbocycles. The molecule has 1 aromatic carbocycles. The first kappa shape index (κ1) is 25.1. The molecular formula is C33H49NO. The average molecular weight is 476 g/mol. The van der Waals surface area contributed by atoms with E-state index in [1.807, 2.05) is 0 Å². The fourth-order valence-corrected chi connectivity index (χ4v) is 9.31. The van der Waals surface area contributed by atoms with Gasteiger partial charge in [0, 0.05) is 17.0 Å². The van der Waals surface area contributed by atoms with Gasteiger partial charge in [0.2, 0.25) is 5.91 Å². The van der Waals surface area contributed by atoms with Crippen LogP contribution in [0.5, 0.6) is 0 Å². The van der Waals surface area contributed by atoms with E-state index in [9.17, 15) is 4.79 Å². The standard InChI is InChI=1S/C33H49NO/c1-23(2)12-11-13-24(3)26-17-18-27-30-28(19-21-32(26,27)4)33(5)20-10-9-16-29(33)34(31(30)35)22-25-14-7-6-8-15-25/h6-8,14-16,23-24,26-28,30H,9-13,17-22H2,1-5H3/t24-,26-,27-,28+,30+,32+,33-/m0/s1. The Balaban J connectivity index is 1.43. The van der Waals surface area contributed by atoms with Crippen molar-refractivity contribution in [2.45, 2.75) is 105 Å². The second kappa shape index (κ2) is 9.71. The summed E-state index contributed by atoms with van der Waals surface area (Å²) >= 11 is 0. The van der Waals surface area contributed by atoms with E-state index in [0.29, 0.717) is 23.2 Å². The summed E-state index contributed by atoms with van der Waals surface area (Å²) in [4.78, 5) is 16.7. The van der Waals surface area contributed by atoms with Crippen LogP contribution in [0, 0.1) is 46.3 Å². The van der Waals surface area contributed by atoms with Crippen molar-refractivity contribution in [3.8, 4) is 0 Å². The number of carbonyl (C=O) groups is 1. The highest BCUT2D eigenvalue weighted by Gasteiger charge is 2.63. The van der Waals surface area contributed by atoms with Crippen LogP contribution < -0.4 is 0 Å². The summed E-state index contributed by atoms with van der Waals surface area (Å²) in [5.41, 5.74) is 3.11. The highest BCUT2D eigenvalue weighted by atomic mass is 16.2. The van der Waals surface area contributed by atoms with Crippen LogP contribution in [-0.2, 0) is 11.3 Å². The fourth-order valence-electron chi connectivity index (χ4n) is 9.31. The maximum absolute atomic E-state index is 14.5. The Morgan fingerprint density at radius 1 is 0.971 bits per heavy atom. The van der Waals surface area contributed by atoms with E-state index in [0.717, 1.165) is 30.7 Å². The molecule has 0 spiro atoms. The van der Waals surface area contributed by atoms with Crippen molar-refractivity contribution in [1.82, 2.24) is 4.90 Å². The van der Waals surface area contributed by atoms with Gasteiger partial charge in [-0.3, -0.25) is 4.79 Å². The van der Waals surface area contributed by atoms with E-state index < -0.39 is 0 Å². The fraction of sp³-hybridized carbons (Fsp3) is 0.727. The van der Waals surface area contributed by atoms with E-state index in [4.69, 9.17) is 0 Å². The third kappa shape index (κ3) is 4.31. The zero-order chi connectivity index (χ0) is 24.8. The van der Waals surface area contributed by atoms with Gasteiger partial charge in [-0.25, -0.2) is 0 Å². The maximum atomic E-state index is 14.5. The number of benzene rings is 1. The zero-order valence-corrected chi connectivity index (χ0v) is 23.1. The normalized spacial score (nSPS) is 37.5. The number of hydrogen-bond donors (Lipinski definition) is 0. The van der Waals surface area contributed by atoms with Gasteiger partial charge in [0.1, 0.15) is 0 Å². The van der Waals surface area contributed by atoms with Gasteiger partial charge < -0.3 is 4.90 Å². The second-order valence-electron chi connectivity index (χ2n) is 13.6. The first-order valence-electron chi connectivity index (χ1n) is 14.8. The van der Waals surface area contributed by atoms with Crippen molar-refractivity contribution in [3.05, 3.63) is 47.7 Å². The monoisotopic (exact) mass is 475 g/mol. The summed E-state index contributed by atoms with van der Waals surface area (Å²) in [6.45, 7) is 13.1. The summed E-state index contributed by atoms with van der Waals surface area (Å²) in [6, 6.07) is 10.7. The molecule has 1 heterocycles. The van der Waals surface area contributed by atoms with Crippen LogP contribution >= 0.6 is 0 Å². The Morgan fingerprint density at radius 2 is 1.74 bits per heavy atom. The van der Waals surface area contributed by atoms with E-state index in [1.165, 1.54) is 69.0 Å². The predicted octanol–water partition coefficient (Wildman–Crippen LogP) is 8.62. The van der Waals surface area contributed by atoms with Gasteiger partial charge >= 0.3 is 0 Å².